The number of para-hydroxylation sites is 1. The van der Waals surface area contributed by atoms with Gasteiger partial charge in [0.1, 0.15) is 0 Å². The number of anilines is 1. The van der Waals surface area contributed by atoms with Gasteiger partial charge in [-0.15, -0.1) is 0 Å². The van der Waals surface area contributed by atoms with Crippen LogP contribution in [0.15, 0.2) is 71.8 Å². The van der Waals surface area contributed by atoms with Gasteiger partial charge >= 0.3 is 0 Å². The number of aromatic nitrogens is 2. The summed E-state index contributed by atoms with van der Waals surface area (Å²) in [6.45, 7) is 0. The lowest BCUT2D eigenvalue weighted by atomic mass is 9.49. The number of halogens is 2. The summed E-state index contributed by atoms with van der Waals surface area (Å²) >= 11 is 12.4. The van der Waals surface area contributed by atoms with Crippen molar-refractivity contribution in [3.05, 3.63) is 87.4 Å². The third-order valence-corrected chi connectivity index (χ3v) is 9.64. The fraction of sp³-hybridized carbons (Fsp3) is 0.344. The number of rotatable bonds is 6. The van der Waals surface area contributed by atoms with E-state index in [4.69, 9.17) is 27.9 Å². The van der Waals surface area contributed by atoms with Gasteiger partial charge in [0.15, 0.2) is 5.75 Å². The van der Waals surface area contributed by atoms with Crippen molar-refractivity contribution in [2.75, 3.05) is 5.32 Å². The Kier molecular flexibility index (Phi) is 6.36. The molecule has 0 saturated heterocycles. The fourth-order valence-electron chi connectivity index (χ4n) is 7.89. The number of nitrogens with zero attached hydrogens (tertiary/aromatic N) is 2. The van der Waals surface area contributed by atoms with Crippen LogP contribution in [0.4, 0.5) is 5.69 Å². The second-order valence-corrected chi connectivity index (χ2v) is 12.7. The van der Waals surface area contributed by atoms with Crippen molar-refractivity contribution in [2.24, 2.45) is 23.2 Å². The number of hydrogen-bond donors (Lipinski definition) is 1. The van der Waals surface area contributed by atoms with E-state index >= 15 is 0 Å². The van der Waals surface area contributed by atoms with Gasteiger partial charge in [-0.3, -0.25) is 14.2 Å². The number of amides is 1. The zero-order valence-corrected chi connectivity index (χ0v) is 23.4. The van der Waals surface area contributed by atoms with Crippen molar-refractivity contribution in [1.29, 1.82) is 0 Å². The van der Waals surface area contributed by atoms with Crippen molar-refractivity contribution in [3.63, 3.8) is 0 Å². The monoisotopic (exact) mass is 573 g/mol. The first kappa shape index (κ1) is 25.6. The molecule has 1 N–H and O–H groups in total. The molecule has 2 heterocycles. The molecular weight excluding hydrogens is 545 g/mol. The van der Waals surface area contributed by atoms with E-state index in [1.807, 2.05) is 18.2 Å². The topological polar surface area (TPSA) is 73.2 Å². The van der Waals surface area contributed by atoms with Gasteiger partial charge in [-0.25, -0.2) is 4.98 Å². The summed E-state index contributed by atoms with van der Waals surface area (Å²) < 4.78 is 7.30. The van der Waals surface area contributed by atoms with E-state index in [2.05, 4.69) is 10.3 Å². The van der Waals surface area contributed by atoms with Crippen molar-refractivity contribution < 1.29 is 9.53 Å². The molecule has 4 aromatic rings. The molecule has 0 aliphatic heterocycles. The van der Waals surface area contributed by atoms with Crippen LogP contribution in [0.25, 0.3) is 16.5 Å². The van der Waals surface area contributed by atoms with Gasteiger partial charge in [0.05, 0.1) is 21.9 Å². The van der Waals surface area contributed by atoms with E-state index in [-0.39, 0.29) is 16.9 Å². The Hall–Kier alpha value is -3.35. The van der Waals surface area contributed by atoms with Crippen LogP contribution in [-0.4, -0.2) is 15.5 Å². The van der Waals surface area contributed by atoms with Gasteiger partial charge < -0.3 is 10.1 Å². The van der Waals surface area contributed by atoms with Crippen LogP contribution >= 0.6 is 23.2 Å². The summed E-state index contributed by atoms with van der Waals surface area (Å²) in [7, 11) is 0. The summed E-state index contributed by atoms with van der Waals surface area (Å²) in [5.41, 5.74) is 1.23. The number of nitrogens with one attached hydrogen (secondary N) is 1. The lowest BCUT2D eigenvalue weighted by Gasteiger charge is -2.56. The number of hydrogen-bond acceptors (Lipinski definition) is 4. The summed E-state index contributed by atoms with van der Waals surface area (Å²) in [6, 6.07) is 15.9. The Labute approximate surface area is 242 Å². The van der Waals surface area contributed by atoms with Gasteiger partial charge in [0, 0.05) is 35.1 Å². The molecule has 4 aliphatic rings. The first-order valence-electron chi connectivity index (χ1n) is 13.9. The predicted octanol–water partition coefficient (Wildman–Crippen LogP) is 8.03. The first-order chi connectivity index (χ1) is 19.4. The minimum absolute atomic E-state index is 0.0528. The highest BCUT2D eigenvalue weighted by Crippen LogP contribution is 2.61. The number of fused-ring (bicyclic) bond motifs is 1. The van der Waals surface area contributed by atoms with Gasteiger partial charge in [0.25, 0.3) is 5.56 Å². The zero-order valence-electron chi connectivity index (χ0n) is 21.9. The first-order valence-corrected chi connectivity index (χ1v) is 14.6. The molecule has 4 saturated carbocycles. The van der Waals surface area contributed by atoms with E-state index in [1.165, 1.54) is 43.1 Å². The van der Waals surface area contributed by atoms with Gasteiger partial charge in [0.2, 0.25) is 11.8 Å². The Morgan fingerprint density at radius 1 is 0.925 bits per heavy atom. The minimum Gasteiger partial charge on any atom is -0.436 e. The van der Waals surface area contributed by atoms with Crippen LogP contribution in [0.1, 0.15) is 44.9 Å². The SMILES string of the molecule is O=C(CC12CC3CC(CC(C3)C1)C2)Nc1cccc2c(=O)n(-c3ccc(Oc4c(Cl)cccc4Cl)nc3)ccc12. The molecule has 2 aromatic carbocycles. The third kappa shape index (κ3) is 4.67. The standard InChI is InChI=1S/C32H29Cl2N3O3/c33-25-4-2-5-26(34)30(25)40-29-8-7-22(18-35-29)37-10-9-23-24(31(37)39)3-1-6-27(23)36-28(38)17-32-14-19-11-20(15-32)13-21(12-19)16-32/h1-10,18-21H,11-17H2,(H,36,38). The molecule has 204 valence electrons. The zero-order chi connectivity index (χ0) is 27.4. The van der Waals surface area contributed by atoms with Crippen LogP contribution in [0.2, 0.25) is 10.0 Å². The van der Waals surface area contributed by atoms with E-state index < -0.39 is 0 Å². The molecule has 6 nitrogen and oxygen atoms in total. The summed E-state index contributed by atoms with van der Waals surface area (Å²) in [5.74, 6) is 3.10. The maximum Gasteiger partial charge on any atom is 0.263 e. The third-order valence-electron chi connectivity index (χ3n) is 9.04. The highest BCUT2D eigenvalue weighted by molar-refractivity contribution is 6.37. The smallest absolute Gasteiger partial charge is 0.263 e. The van der Waals surface area contributed by atoms with Crippen LogP contribution in [0, 0.1) is 23.2 Å². The Morgan fingerprint density at radius 2 is 1.60 bits per heavy atom. The maximum atomic E-state index is 13.5. The molecule has 0 unspecified atom stereocenters. The quantitative estimate of drug-likeness (QED) is 0.253. The molecule has 8 rings (SSSR count). The minimum atomic E-state index is -0.195. The number of ether oxygens (including phenoxy) is 1. The lowest BCUT2D eigenvalue weighted by Crippen LogP contribution is -2.47. The number of benzene rings is 2. The van der Waals surface area contributed by atoms with E-state index in [1.54, 1.807) is 48.8 Å². The molecule has 1 amide bonds. The molecule has 0 spiro atoms. The van der Waals surface area contributed by atoms with Crippen LogP contribution < -0.4 is 15.6 Å². The van der Waals surface area contributed by atoms with E-state index in [0.717, 1.165) is 23.1 Å². The normalized spacial score (nSPS) is 24.8. The Bertz CT molecular complexity index is 1630. The van der Waals surface area contributed by atoms with Crippen molar-refractivity contribution in [2.45, 2.75) is 44.9 Å². The number of carbonyl (C=O) groups is 1. The van der Waals surface area contributed by atoms with E-state index in [9.17, 15) is 9.59 Å². The van der Waals surface area contributed by atoms with Crippen LogP contribution in [0.3, 0.4) is 0 Å². The Balaban J connectivity index is 1.11. The summed E-state index contributed by atoms with van der Waals surface area (Å²) in [6.07, 6.45) is 11.5. The average Bonchev–Trinajstić information content (AvgIpc) is 2.91. The molecule has 4 fully saturated rings. The number of carbonyl (C=O) groups excluding carboxylic acids is 1. The largest absolute Gasteiger partial charge is 0.436 e. The second-order valence-electron chi connectivity index (χ2n) is 11.9. The molecule has 0 atom stereocenters. The van der Waals surface area contributed by atoms with Crippen LogP contribution in [-0.2, 0) is 4.79 Å². The highest BCUT2D eigenvalue weighted by Gasteiger charge is 2.51. The average molecular weight is 575 g/mol. The van der Waals surface area contributed by atoms with Gasteiger partial charge in [-0.05, 0) is 98.1 Å². The van der Waals surface area contributed by atoms with Gasteiger partial charge in [-0.2, -0.15) is 0 Å². The van der Waals surface area contributed by atoms with Crippen molar-refractivity contribution >= 4 is 45.6 Å². The molecular formula is C32H29Cl2N3O3. The van der Waals surface area contributed by atoms with Crippen LogP contribution in [0.5, 0.6) is 11.6 Å². The van der Waals surface area contributed by atoms with Crippen molar-refractivity contribution in [3.8, 4) is 17.3 Å². The van der Waals surface area contributed by atoms with Gasteiger partial charge in [-0.1, -0.05) is 35.3 Å². The molecule has 2 aromatic heterocycles. The van der Waals surface area contributed by atoms with Crippen molar-refractivity contribution in [1.82, 2.24) is 9.55 Å². The Morgan fingerprint density at radius 3 is 2.25 bits per heavy atom. The highest BCUT2D eigenvalue weighted by atomic mass is 35.5. The molecule has 40 heavy (non-hydrogen) atoms. The maximum absolute atomic E-state index is 13.5. The molecule has 0 radical (unpaired) electrons. The lowest BCUT2D eigenvalue weighted by molar-refractivity contribution is -0.124. The predicted molar refractivity (Wildman–Crippen MR) is 158 cm³/mol. The number of pyridine rings is 2. The molecule has 4 aliphatic carbocycles. The second kappa shape index (κ2) is 9.93. The van der Waals surface area contributed by atoms with E-state index in [0.29, 0.717) is 44.9 Å². The molecule has 4 bridgehead atoms. The molecule has 8 heteroatoms. The summed E-state index contributed by atoms with van der Waals surface area (Å²) in [5, 5.41) is 5.16. The fourth-order valence-corrected chi connectivity index (χ4v) is 8.37. The summed E-state index contributed by atoms with van der Waals surface area (Å²) in [4.78, 5) is 31.1.